The van der Waals surface area contributed by atoms with Crippen LogP contribution in [0.3, 0.4) is 0 Å². The zero-order valence-electron chi connectivity index (χ0n) is 21.0. The van der Waals surface area contributed by atoms with E-state index in [0.29, 0.717) is 48.1 Å². The Labute approximate surface area is 230 Å². The van der Waals surface area contributed by atoms with Gasteiger partial charge >= 0.3 is 0 Å². The molecule has 13 heteroatoms. The van der Waals surface area contributed by atoms with Gasteiger partial charge in [-0.1, -0.05) is 29.8 Å². The maximum atomic E-state index is 13.5. The number of carbonyl (C=O) groups is 1. The second-order valence-corrected chi connectivity index (χ2v) is 10.9. The lowest BCUT2D eigenvalue weighted by atomic mass is 10.1. The number of nitro benzene ring substituents is 1. The number of non-ortho nitro benzene ring substituents is 1. The van der Waals surface area contributed by atoms with Crippen LogP contribution in [0.2, 0.25) is 5.02 Å². The lowest BCUT2D eigenvalue weighted by Gasteiger charge is -2.29. The molecule has 1 amide bonds. The number of amides is 1. The number of nitrogens with one attached hydrogen (secondary N) is 1. The maximum absolute atomic E-state index is 13.5. The van der Waals surface area contributed by atoms with Crippen LogP contribution in [-0.2, 0) is 19.6 Å². The Morgan fingerprint density at radius 1 is 1.15 bits per heavy atom. The molecule has 0 spiro atoms. The summed E-state index contributed by atoms with van der Waals surface area (Å²) in [5.41, 5.74) is 4.20. The minimum absolute atomic E-state index is 0.0161. The Morgan fingerprint density at radius 3 is 2.54 bits per heavy atom. The van der Waals surface area contributed by atoms with Gasteiger partial charge in [0, 0.05) is 41.5 Å². The van der Waals surface area contributed by atoms with Crippen molar-refractivity contribution in [3.05, 3.63) is 93.0 Å². The molecule has 1 heterocycles. The molecule has 3 aromatic rings. The molecule has 204 valence electrons. The number of nitro groups is 1. The van der Waals surface area contributed by atoms with Crippen molar-refractivity contribution < 1.29 is 22.9 Å². The Balaban J connectivity index is 1.59. The molecule has 0 unspecified atom stereocenters. The first kappa shape index (κ1) is 28.0. The largest absolute Gasteiger partial charge is 0.378 e. The maximum Gasteiger partial charge on any atom is 0.270 e. The minimum Gasteiger partial charge on any atom is -0.378 e. The number of morpholine rings is 1. The molecule has 11 nitrogen and oxygen atoms in total. The van der Waals surface area contributed by atoms with E-state index in [1.165, 1.54) is 36.5 Å². The highest BCUT2D eigenvalue weighted by Crippen LogP contribution is 2.29. The van der Waals surface area contributed by atoms with Crippen LogP contribution in [0.1, 0.15) is 11.1 Å². The van der Waals surface area contributed by atoms with E-state index in [1.807, 2.05) is 4.90 Å². The number of benzene rings is 3. The summed E-state index contributed by atoms with van der Waals surface area (Å²) in [6.07, 6.45) is 1.30. The van der Waals surface area contributed by atoms with Crippen LogP contribution in [0.15, 0.2) is 76.7 Å². The van der Waals surface area contributed by atoms with E-state index >= 15 is 0 Å². The van der Waals surface area contributed by atoms with E-state index < -0.39 is 27.4 Å². The molecule has 0 aliphatic carbocycles. The van der Waals surface area contributed by atoms with E-state index in [4.69, 9.17) is 16.3 Å². The van der Waals surface area contributed by atoms with Gasteiger partial charge in [-0.05, 0) is 48.9 Å². The third-order valence-electron chi connectivity index (χ3n) is 6.01. The van der Waals surface area contributed by atoms with E-state index in [0.717, 1.165) is 4.31 Å². The SMILES string of the molecule is Cc1cc(Cl)ccc1N(CC(=O)N/N=C/c1cc([N+](=O)[O-])ccc1N1CCOCC1)S(=O)(=O)c1ccccc1. The van der Waals surface area contributed by atoms with Gasteiger partial charge in [-0.15, -0.1) is 0 Å². The fourth-order valence-corrected chi connectivity index (χ4v) is 5.84. The van der Waals surface area contributed by atoms with Crippen molar-refractivity contribution in [2.75, 3.05) is 42.1 Å². The van der Waals surface area contributed by atoms with E-state index in [1.54, 1.807) is 43.3 Å². The molecule has 1 N–H and O–H groups in total. The molecule has 1 fully saturated rings. The van der Waals surface area contributed by atoms with E-state index in [9.17, 15) is 23.3 Å². The van der Waals surface area contributed by atoms with Gasteiger partial charge in [0.1, 0.15) is 6.54 Å². The molecule has 1 saturated heterocycles. The summed E-state index contributed by atoms with van der Waals surface area (Å²) < 4.78 is 33.4. The molecule has 39 heavy (non-hydrogen) atoms. The number of aryl methyl sites for hydroxylation is 1. The van der Waals surface area contributed by atoms with Gasteiger partial charge in [-0.3, -0.25) is 19.2 Å². The molecule has 3 aromatic carbocycles. The van der Waals surface area contributed by atoms with Gasteiger partial charge in [0.15, 0.2) is 0 Å². The highest BCUT2D eigenvalue weighted by Gasteiger charge is 2.28. The zero-order valence-corrected chi connectivity index (χ0v) is 22.6. The highest BCUT2D eigenvalue weighted by atomic mass is 35.5. The number of hydrogen-bond donors (Lipinski definition) is 1. The topological polar surface area (TPSA) is 134 Å². The number of hydrazone groups is 1. The number of anilines is 2. The highest BCUT2D eigenvalue weighted by molar-refractivity contribution is 7.92. The Hall–Kier alpha value is -4.00. The Bertz CT molecular complexity index is 1490. The summed E-state index contributed by atoms with van der Waals surface area (Å²) in [7, 11) is -4.11. The van der Waals surface area contributed by atoms with Crippen LogP contribution < -0.4 is 14.6 Å². The lowest BCUT2D eigenvalue weighted by molar-refractivity contribution is -0.384. The van der Waals surface area contributed by atoms with Crippen LogP contribution >= 0.6 is 11.6 Å². The number of hydrogen-bond acceptors (Lipinski definition) is 8. The summed E-state index contributed by atoms with van der Waals surface area (Å²) in [6, 6.07) is 16.8. The number of carbonyl (C=O) groups excluding carboxylic acids is 1. The number of rotatable bonds is 9. The minimum atomic E-state index is -4.11. The fraction of sp³-hybridized carbons (Fsp3) is 0.231. The van der Waals surface area contributed by atoms with Crippen LogP contribution in [0.4, 0.5) is 17.1 Å². The van der Waals surface area contributed by atoms with Crippen LogP contribution in [0.25, 0.3) is 0 Å². The Kier molecular flexibility index (Phi) is 8.79. The van der Waals surface area contributed by atoms with Gasteiger partial charge in [0.05, 0.1) is 34.9 Å². The lowest BCUT2D eigenvalue weighted by Crippen LogP contribution is -2.40. The molecule has 4 rings (SSSR count). The standard InChI is InChI=1S/C26H26ClN5O6S/c1-19-15-21(27)7-9-24(19)31(39(36,37)23-5-3-2-4-6-23)18-26(33)29-28-17-20-16-22(32(34)35)8-10-25(20)30-11-13-38-14-12-30/h2-10,15-17H,11-14,18H2,1H3,(H,29,33)/b28-17+. The van der Waals surface area contributed by atoms with Crippen LogP contribution in [0.5, 0.6) is 0 Å². The first-order chi connectivity index (χ1) is 18.7. The van der Waals surface area contributed by atoms with Crippen molar-refractivity contribution in [2.24, 2.45) is 5.10 Å². The molecule has 0 saturated carbocycles. The zero-order chi connectivity index (χ0) is 28.0. The molecule has 0 aromatic heterocycles. The fourth-order valence-electron chi connectivity index (χ4n) is 4.11. The monoisotopic (exact) mass is 571 g/mol. The molecule has 0 bridgehead atoms. The molecular weight excluding hydrogens is 546 g/mol. The number of halogens is 1. The molecule has 1 aliphatic rings. The summed E-state index contributed by atoms with van der Waals surface area (Å²) in [6.45, 7) is 3.35. The van der Waals surface area contributed by atoms with Crippen LogP contribution in [0, 0.1) is 17.0 Å². The van der Waals surface area contributed by atoms with Crippen molar-refractivity contribution in [3.63, 3.8) is 0 Å². The first-order valence-corrected chi connectivity index (χ1v) is 13.8. The summed E-state index contributed by atoms with van der Waals surface area (Å²) in [4.78, 5) is 25.8. The predicted octanol–water partition coefficient (Wildman–Crippen LogP) is 3.74. The molecule has 0 radical (unpaired) electrons. The third-order valence-corrected chi connectivity index (χ3v) is 8.02. The van der Waals surface area contributed by atoms with E-state index in [2.05, 4.69) is 10.5 Å². The van der Waals surface area contributed by atoms with Gasteiger partial charge in [-0.2, -0.15) is 5.10 Å². The Morgan fingerprint density at radius 2 is 1.87 bits per heavy atom. The first-order valence-electron chi connectivity index (χ1n) is 11.9. The van der Waals surface area contributed by atoms with Gasteiger partial charge in [0.25, 0.3) is 21.6 Å². The average molecular weight is 572 g/mol. The quantitative estimate of drug-likeness (QED) is 0.235. The second kappa shape index (κ2) is 12.2. The average Bonchev–Trinajstić information content (AvgIpc) is 2.93. The number of ether oxygens (including phenoxy) is 1. The number of sulfonamides is 1. The second-order valence-electron chi connectivity index (χ2n) is 8.65. The summed E-state index contributed by atoms with van der Waals surface area (Å²) in [5.74, 6) is -0.710. The molecule has 0 atom stereocenters. The van der Waals surface area contributed by atoms with Crippen molar-refractivity contribution >= 4 is 50.8 Å². The van der Waals surface area contributed by atoms with Crippen molar-refractivity contribution in [3.8, 4) is 0 Å². The van der Waals surface area contributed by atoms with Gasteiger partial charge < -0.3 is 9.64 Å². The molecule has 1 aliphatic heterocycles. The van der Waals surface area contributed by atoms with Gasteiger partial charge in [0.2, 0.25) is 0 Å². The van der Waals surface area contributed by atoms with Crippen molar-refractivity contribution in [1.29, 1.82) is 0 Å². The van der Waals surface area contributed by atoms with Crippen LogP contribution in [-0.4, -0.2) is 58.3 Å². The summed E-state index contributed by atoms with van der Waals surface area (Å²) in [5, 5.41) is 15.7. The number of nitrogens with zero attached hydrogens (tertiary/aromatic N) is 4. The van der Waals surface area contributed by atoms with Gasteiger partial charge in [-0.25, -0.2) is 13.8 Å². The smallest absolute Gasteiger partial charge is 0.270 e. The predicted molar refractivity (Wildman–Crippen MR) is 149 cm³/mol. The van der Waals surface area contributed by atoms with E-state index in [-0.39, 0.29) is 16.3 Å². The van der Waals surface area contributed by atoms with Crippen molar-refractivity contribution in [1.82, 2.24) is 5.43 Å². The third kappa shape index (κ3) is 6.72. The van der Waals surface area contributed by atoms with Crippen molar-refractivity contribution in [2.45, 2.75) is 11.8 Å². The summed E-state index contributed by atoms with van der Waals surface area (Å²) >= 11 is 6.07. The molecular formula is C26H26ClN5O6S. The normalized spacial score (nSPS) is 13.8.